The lowest BCUT2D eigenvalue weighted by Crippen LogP contribution is -2.58. The van der Waals surface area contributed by atoms with Crippen LogP contribution in [0.2, 0.25) is 5.02 Å². The Labute approximate surface area is 223 Å². The van der Waals surface area contributed by atoms with Gasteiger partial charge in [-0.05, 0) is 61.1 Å². The van der Waals surface area contributed by atoms with Crippen LogP contribution in [0.3, 0.4) is 0 Å². The molecule has 3 aromatic rings. The Morgan fingerprint density at radius 3 is 2.49 bits per heavy atom. The van der Waals surface area contributed by atoms with Crippen molar-refractivity contribution in [3.05, 3.63) is 75.4 Å². The molecular weight excluding hydrogens is 488 g/mol. The summed E-state index contributed by atoms with van der Waals surface area (Å²) < 4.78 is 8.40. The first-order valence-corrected chi connectivity index (χ1v) is 13.6. The summed E-state index contributed by atoms with van der Waals surface area (Å²) in [5.74, 6) is 0.716. The molecule has 1 aromatic heterocycles. The first-order chi connectivity index (χ1) is 17.8. The Morgan fingerprint density at radius 1 is 1.08 bits per heavy atom. The third-order valence-electron chi connectivity index (χ3n) is 7.47. The molecule has 2 aliphatic rings. The highest BCUT2D eigenvalue weighted by atomic mass is 35.5. The monoisotopic (exact) mass is 522 g/mol. The minimum Gasteiger partial charge on any atom is -0.381 e. The number of halogens is 1. The third-order valence-corrected chi connectivity index (χ3v) is 7.71. The van der Waals surface area contributed by atoms with Crippen molar-refractivity contribution in [3.63, 3.8) is 0 Å². The van der Waals surface area contributed by atoms with Crippen LogP contribution in [0.25, 0.3) is 11.4 Å². The van der Waals surface area contributed by atoms with Crippen LogP contribution in [-0.2, 0) is 22.4 Å². The summed E-state index contributed by atoms with van der Waals surface area (Å²) >= 11 is 6.21. The van der Waals surface area contributed by atoms with E-state index in [1.165, 1.54) is 40.7 Å². The third kappa shape index (κ3) is 5.89. The molecule has 2 saturated heterocycles. The molecule has 2 aromatic carbocycles. The van der Waals surface area contributed by atoms with E-state index in [2.05, 4.69) is 22.1 Å². The Bertz CT molecular complexity index is 1300. The van der Waals surface area contributed by atoms with E-state index in [1.54, 1.807) is 24.3 Å². The van der Waals surface area contributed by atoms with E-state index in [0.717, 1.165) is 26.2 Å². The first kappa shape index (κ1) is 25.9. The van der Waals surface area contributed by atoms with Gasteiger partial charge in [0.2, 0.25) is 0 Å². The molecule has 0 N–H and O–H groups in total. The summed E-state index contributed by atoms with van der Waals surface area (Å²) in [6.07, 6.45) is 3.86. The zero-order chi connectivity index (χ0) is 26.0. The van der Waals surface area contributed by atoms with Crippen LogP contribution in [0.15, 0.2) is 53.3 Å². The Hall–Kier alpha value is -2.74. The lowest BCUT2D eigenvalue weighted by atomic mass is 9.73. The summed E-state index contributed by atoms with van der Waals surface area (Å²) in [6, 6.07) is 15.1. The molecule has 3 heterocycles. The fraction of sp³-hybridized carbons (Fsp3) is 0.483. The number of rotatable bonds is 9. The Morgan fingerprint density at radius 2 is 1.81 bits per heavy atom. The molecule has 5 rings (SSSR count). The predicted octanol–water partition coefficient (Wildman–Crippen LogP) is 4.49. The van der Waals surface area contributed by atoms with E-state index in [1.807, 2.05) is 26.0 Å². The van der Waals surface area contributed by atoms with E-state index >= 15 is 0 Å². The minimum atomic E-state index is -0.315. The summed E-state index contributed by atoms with van der Waals surface area (Å²) in [4.78, 5) is 28.6. The number of likely N-dealkylation sites (tertiary alicyclic amines) is 1. The van der Waals surface area contributed by atoms with Gasteiger partial charge in [-0.2, -0.15) is 4.68 Å². The molecule has 0 atom stereocenters. The zero-order valence-corrected chi connectivity index (χ0v) is 22.4. The number of benzene rings is 2. The SMILES string of the molecule is CC(C)CC(=O)Cc1nn(-c2ccc(CCN3CC4(CCOCC4)C3)cc2)c(=O)n1-c1cccc(Cl)c1. The van der Waals surface area contributed by atoms with Crippen LogP contribution in [0.4, 0.5) is 0 Å². The highest BCUT2D eigenvalue weighted by Crippen LogP contribution is 2.39. The van der Waals surface area contributed by atoms with Crippen LogP contribution in [0, 0.1) is 11.3 Å². The molecule has 7 nitrogen and oxygen atoms in total. The fourth-order valence-corrected chi connectivity index (χ4v) is 5.73. The topological polar surface area (TPSA) is 69.4 Å². The average Bonchev–Trinajstić information content (AvgIpc) is 3.17. The average molecular weight is 523 g/mol. The van der Waals surface area contributed by atoms with Crippen molar-refractivity contribution in [2.75, 3.05) is 32.8 Å². The van der Waals surface area contributed by atoms with Gasteiger partial charge in [0.1, 0.15) is 11.6 Å². The summed E-state index contributed by atoms with van der Waals surface area (Å²) in [5.41, 5.74) is 2.68. The molecule has 196 valence electrons. The van der Waals surface area contributed by atoms with E-state index in [9.17, 15) is 9.59 Å². The number of carbonyl (C=O) groups is 1. The smallest absolute Gasteiger partial charge is 0.355 e. The van der Waals surface area contributed by atoms with Gasteiger partial charge in [0.05, 0.1) is 17.8 Å². The molecule has 37 heavy (non-hydrogen) atoms. The minimum absolute atomic E-state index is 0.0549. The van der Waals surface area contributed by atoms with E-state index < -0.39 is 0 Å². The molecule has 0 unspecified atom stereocenters. The van der Waals surface area contributed by atoms with Gasteiger partial charge in [-0.15, -0.1) is 5.10 Å². The van der Waals surface area contributed by atoms with Crippen LogP contribution >= 0.6 is 11.6 Å². The number of carbonyl (C=O) groups excluding carboxylic acids is 1. The van der Waals surface area contributed by atoms with Crippen molar-refractivity contribution < 1.29 is 9.53 Å². The standard InChI is InChI=1S/C29H35ClN4O3/c1-21(2)16-26(35)18-27-31-34(28(36)33(27)25-5-3-4-23(30)17-25)24-8-6-22(7-9-24)10-13-32-19-29(20-32)11-14-37-15-12-29/h3-9,17,21H,10-16,18-20H2,1-2H3. The molecule has 0 amide bonds. The molecule has 0 radical (unpaired) electrons. The largest absolute Gasteiger partial charge is 0.381 e. The van der Waals surface area contributed by atoms with Gasteiger partial charge in [-0.3, -0.25) is 4.79 Å². The van der Waals surface area contributed by atoms with E-state index in [0.29, 0.717) is 34.1 Å². The van der Waals surface area contributed by atoms with Crippen LogP contribution in [-0.4, -0.2) is 57.9 Å². The molecule has 1 spiro atoms. The van der Waals surface area contributed by atoms with Crippen LogP contribution in [0.5, 0.6) is 0 Å². The van der Waals surface area contributed by atoms with Crippen molar-refractivity contribution >= 4 is 17.4 Å². The number of hydrogen-bond donors (Lipinski definition) is 0. The van der Waals surface area contributed by atoms with Gasteiger partial charge in [0.15, 0.2) is 0 Å². The van der Waals surface area contributed by atoms with Crippen molar-refractivity contribution in [1.82, 2.24) is 19.2 Å². The van der Waals surface area contributed by atoms with Crippen molar-refractivity contribution in [3.8, 4) is 11.4 Å². The number of ketones is 1. The second-order valence-electron chi connectivity index (χ2n) is 11.0. The van der Waals surface area contributed by atoms with Crippen molar-refractivity contribution in [1.29, 1.82) is 0 Å². The number of aromatic nitrogens is 3. The fourth-order valence-electron chi connectivity index (χ4n) is 5.54. The summed E-state index contributed by atoms with van der Waals surface area (Å²) in [5, 5.41) is 5.11. The van der Waals surface area contributed by atoms with Crippen molar-refractivity contribution in [2.45, 2.75) is 46.0 Å². The molecule has 0 aliphatic carbocycles. The molecule has 0 saturated carbocycles. The van der Waals surface area contributed by atoms with Crippen molar-refractivity contribution in [2.24, 2.45) is 11.3 Å². The first-order valence-electron chi connectivity index (χ1n) is 13.2. The zero-order valence-electron chi connectivity index (χ0n) is 21.7. The van der Waals surface area contributed by atoms with E-state index in [4.69, 9.17) is 16.3 Å². The maximum atomic E-state index is 13.5. The quantitative estimate of drug-likeness (QED) is 0.414. The molecular formula is C29H35ClN4O3. The Kier molecular flexibility index (Phi) is 7.65. The van der Waals surface area contributed by atoms with Gasteiger partial charge in [0, 0.05) is 49.7 Å². The normalized spacial score (nSPS) is 17.3. The van der Waals surface area contributed by atoms with Gasteiger partial charge in [-0.25, -0.2) is 9.36 Å². The van der Waals surface area contributed by atoms with Gasteiger partial charge < -0.3 is 9.64 Å². The lowest BCUT2D eigenvalue weighted by molar-refractivity contribution is -0.119. The highest BCUT2D eigenvalue weighted by molar-refractivity contribution is 6.30. The van der Waals surface area contributed by atoms with Crippen LogP contribution in [0.1, 0.15) is 44.5 Å². The molecule has 8 heteroatoms. The summed E-state index contributed by atoms with van der Waals surface area (Å²) in [6.45, 7) is 9.18. The van der Waals surface area contributed by atoms with Gasteiger partial charge in [0.25, 0.3) is 0 Å². The molecule has 0 bridgehead atoms. The number of hydrogen-bond acceptors (Lipinski definition) is 5. The predicted molar refractivity (Wildman–Crippen MR) is 145 cm³/mol. The lowest BCUT2D eigenvalue weighted by Gasteiger charge is -2.52. The second-order valence-corrected chi connectivity index (χ2v) is 11.4. The number of Topliss-reactive ketones (excluding diaryl/α,β-unsaturated/α-hetero) is 1. The maximum absolute atomic E-state index is 13.5. The highest BCUT2D eigenvalue weighted by Gasteiger charge is 2.43. The van der Waals surface area contributed by atoms with E-state index in [-0.39, 0.29) is 23.8 Å². The maximum Gasteiger partial charge on any atom is 0.355 e. The second kappa shape index (κ2) is 10.9. The molecule has 2 fully saturated rings. The number of nitrogens with zero attached hydrogens (tertiary/aromatic N) is 4. The summed E-state index contributed by atoms with van der Waals surface area (Å²) in [7, 11) is 0. The van der Waals surface area contributed by atoms with Crippen LogP contribution < -0.4 is 5.69 Å². The molecule has 2 aliphatic heterocycles. The Balaban J connectivity index is 1.32. The number of ether oxygens (including phenoxy) is 1. The van der Waals surface area contributed by atoms with Gasteiger partial charge >= 0.3 is 5.69 Å². The van der Waals surface area contributed by atoms with Gasteiger partial charge in [-0.1, -0.05) is 43.6 Å².